The van der Waals surface area contributed by atoms with E-state index in [-0.39, 0.29) is 17.7 Å². The summed E-state index contributed by atoms with van der Waals surface area (Å²) >= 11 is 0. The first-order chi connectivity index (χ1) is 10.2. The minimum absolute atomic E-state index is 0.0554. The number of hydrogen-bond acceptors (Lipinski definition) is 4. The highest BCUT2D eigenvalue weighted by molar-refractivity contribution is 6.00. The van der Waals surface area contributed by atoms with Gasteiger partial charge in [0, 0.05) is 18.1 Å². The Bertz CT molecular complexity index is 869. The molecule has 1 aromatic heterocycles. The second-order valence-corrected chi connectivity index (χ2v) is 4.94. The van der Waals surface area contributed by atoms with Gasteiger partial charge in [0.05, 0.1) is 0 Å². The average Bonchev–Trinajstić information content (AvgIpc) is 3.02. The molecule has 0 radical (unpaired) electrons. The van der Waals surface area contributed by atoms with Crippen LogP contribution in [0.15, 0.2) is 40.8 Å². The zero-order valence-electron chi connectivity index (χ0n) is 10.9. The van der Waals surface area contributed by atoms with Crippen LogP contribution in [0.3, 0.4) is 0 Å². The van der Waals surface area contributed by atoms with Gasteiger partial charge in [0.25, 0.3) is 0 Å². The number of ether oxygens (including phenoxy) is 1. The number of oxazole rings is 1. The van der Waals surface area contributed by atoms with Gasteiger partial charge in [0.1, 0.15) is 17.1 Å². The topological polar surface area (TPSA) is 52.3 Å². The lowest BCUT2D eigenvalue weighted by Gasteiger charge is -2.03. The van der Waals surface area contributed by atoms with Crippen molar-refractivity contribution < 1.29 is 18.3 Å². The number of halogens is 1. The quantitative estimate of drug-likeness (QED) is 0.716. The molecule has 104 valence electrons. The molecule has 0 spiro atoms. The fraction of sp³-hybridized carbons (Fsp3) is 0.125. The number of benzene rings is 2. The van der Waals surface area contributed by atoms with Crippen LogP contribution in [0.25, 0.3) is 11.1 Å². The molecule has 0 saturated carbocycles. The normalized spacial score (nSPS) is 13.7. The van der Waals surface area contributed by atoms with Crippen LogP contribution < -0.4 is 4.74 Å². The van der Waals surface area contributed by atoms with E-state index in [0.29, 0.717) is 23.3 Å². The van der Waals surface area contributed by atoms with E-state index < -0.39 is 0 Å². The summed E-state index contributed by atoms with van der Waals surface area (Å²) < 4.78 is 24.1. The fourth-order valence-corrected chi connectivity index (χ4v) is 2.52. The van der Waals surface area contributed by atoms with E-state index in [1.54, 1.807) is 12.1 Å². The Morgan fingerprint density at radius 1 is 1.14 bits per heavy atom. The summed E-state index contributed by atoms with van der Waals surface area (Å²) in [5.74, 6) is 0.336. The fourth-order valence-electron chi connectivity index (χ4n) is 2.52. The predicted octanol–water partition coefficient (Wildman–Crippen LogP) is 3.89. The second-order valence-electron chi connectivity index (χ2n) is 4.94. The number of fused-ring (bicyclic) bond motifs is 2. The summed E-state index contributed by atoms with van der Waals surface area (Å²) in [7, 11) is 0. The summed E-state index contributed by atoms with van der Waals surface area (Å²) in [6.45, 7) is 0. The minimum Gasteiger partial charge on any atom is -0.411 e. The number of nitrogens with zero attached hydrogens (tertiary/aromatic N) is 1. The molecule has 4 nitrogen and oxygen atoms in total. The Morgan fingerprint density at radius 3 is 2.95 bits per heavy atom. The Kier molecular flexibility index (Phi) is 2.54. The van der Waals surface area contributed by atoms with Crippen molar-refractivity contribution in [1.82, 2.24) is 4.98 Å². The Morgan fingerprint density at radius 2 is 2.05 bits per heavy atom. The van der Waals surface area contributed by atoms with Crippen LogP contribution in [0.5, 0.6) is 11.8 Å². The van der Waals surface area contributed by atoms with Crippen molar-refractivity contribution in [3.8, 4) is 11.8 Å². The molecule has 0 N–H and O–H groups in total. The number of hydrogen-bond donors (Lipinski definition) is 0. The lowest BCUT2D eigenvalue weighted by Crippen LogP contribution is -1.91. The van der Waals surface area contributed by atoms with Crippen molar-refractivity contribution in [2.24, 2.45) is 0 Å². The first-order valence-corrected chi connectivity index (χ1v) is 6.59. The number of aromatic nitrogens is 1. The lowest BCUT2D eigenvalue weighted by molar-refractivity contribution is 0.0994. The average molecular weight is 283 g/mol. The molecule has 1 aliphatic rings. The summed E-state index contributed by atoms with van der Waals surface area (Å²) in [6, 6.07) is 9.37. The third kappa shape index (κ3) is 2.07. The summed E-state index contributed by atoms with van der Waals surface area (Å²) in [5.41, 5.74) is 2.59. The number of ketones is 1. The maximum absolute atomic E-state index is 13.1. The Labute approximate surface area is 119 Å². The summed E-state index contributed by atoms with van der Waals surface area (Å²) in [4.78, 5) is 15.7. The molecular weight excluding hydrogens is 273 g/mol. The van der Waals surface area contributed by atoms with Gasteiger partial charge in [-0.3, -0.25) is 4.79 Å². The maximum atomic E-state index is 13.1. The van der Waals surface area contributed by atoms with E-state index in [1.165, 1.54) is 18.2 Å². The molecule has 0 amide bonds. The van der Waals surface area contributed by atoms with Crippen LogP contribution in [0.1, 0.15) is 22.3 Å². The highest BCUT2D eigenvalue weighted by Gasteiger charge is 2.20. The number of carbonyl (C=O) groups is 1. The van der Waals surface area contributed by atoms with Crippen LogP contribution >= 0.6 is 0 Å². The smallest absolute Gasteiger partial charge is 0.400 e. The van der Waals surface area contributed by atoms with Gasteiger partial charge in [0.2, 0.25) is 0 Å². The molecule has 2 aromatic carbocycles. The zero-order valence-corrected chi connectivity index (χ0v) is 10.9. The molecule has 0 atom stereocenters. The molecule has 4 rings (SSSR count). The number of Topliss-reactive ketones (excluding diaryl/α,β-unsaturated/α-hetero) is 1. The van der Waals surface area contributed by atoms with Gasteiger partial charge in [-0.25, -0.2) is 4.39 Å². The van der Waals surface area contributed by atoms with Crippen LogP contribution in [-0.2, 0) is 6.42 Å². The van der Waals surface area contributed by atoms with Gasteiger partial charge in [-0.1, -0.05) is 0 Å². The molecule has 0 unspecified atom stereocenters. The van der Waals surface area contributed by atoms with Crippen molar-refractivity contribution in [2.75, 3.05) is 0 Å². The molecule has 21 heavy (non-hydrogen) atoms. The molecule has 0 aliphatic heterocycles. The second kappa shape index (κ2) is 4.41. The molecule has 5 heteroatoms. The van der Waals surface area contributed by atoms with Gasteiger partial charge in [0.15, 0.2) is 11.4 Å². The molecule has 1 aliphatic carbocycles. The highest BCUT2D eigenvalue weighted by Crippen LogP contribution is 2.30. The SMILES string of the molecule is O=C1CCc2cc(Oc3nc4cc(F)ccc4o3)ccc21. The van der Waals surface area contributed by atoms with Crippen molar-refractivity contribution in [1.29, 1.82) is 0 Å². The van der Waals surface area contributed by atoms with Crippen LogP contribution in [0.2, 0.25) is 0 Å². The first kappa shape index (κ1) is 12.1. The Balaban J connectivity index is 1.67. The zero-order chi connectivity index (χ0) is 14.4. The van der Waals surface area contributed by atoms with Crippen molar-refractivity contribution in [3.05, 3.63) is 53.3 Å². The van der Waals surface area contributed by atoms with E-state index in [4.69, 9.17) is 9.15 Å². The van der Waals surface area contributed by atoms with E-state index >= 15 is 0 Å². The molecule has 0 saturated heterocycles. The third-order valence-electron chi connectivity index (χ3n) is 3.53. The molecule has 0 fully saturated rings. The van der Waals surface area contributed by atoms with Gasteiger partial charge in [-0.05, 0) is 42.3 Å². The maximum Gasteiger partial charge on any atom is 0.400 e. The lowest BCUT2D eigenvalue weighted by atomic mass is 10.1. The van der Waals surface area contributed by atoms with Gasteiger partial charge < -0.3 is 9.15 Å². The number of rotatable bonds is 2. The van der Waals surface area contributed by atoms with E-state index in [9.17, 15) is 9.18 Å². The first-order valence-electron chi connectivity index (χ1n) is 6.59. The molecule has 1 heterocycles. The third-order valence-corrected chi connectivity index (χ3v) is 3.53. The van der Waals surface area contributed by atoms with E-state index in [2.05, 4.69) is 4.98 Å². The van der Waals surface area contributed by atoms with Crippen LogP contribution in [0.4, 0.5) is 4.39 Å². The molecular formula is C16H10FNO3. The summed E-state index contributed by atoms with van der Waals surface area (Å²) in [5, 5.41) is 0. The van der Waals surface area contributed by atoms with Crippen molar-refractivity contribution in [3.63, 3.8) is 0 Å². The summed E-state index contributed by atoms with van der Waals surface area (Å²) in [6.07, 6.45) is 1.32. The van der Waals surface area contributed by atoms with Gasteiger partial charge in [-0.15, -0.1) is 0 Å². The monoisotopic (exact) mass is 283 g/mol. The van der Waals surface area contributed by atoms with Crippen molar-refractivity contribution >= 4 is 16.9 Å². The van der Waals surface area contributed by atoms with Gasteiger partial charge >= 0.3 is 6.08 Å². The molecule has 0 bridgehead atoms. The van der Waals surface area contributed by atoms with Crippen LogP contribution in [-0.4, -0.2) is 10.8 Å². The highest BCUT2D eigenvalue weighted by atomic mass is 19.1. The van der Waals surface area contributed by atoms with Gasteiger partial charge in [-0.2, -0.15) is 4.98 Å². The van der Waals surface area contributed by atoms with Crippen LogP contribution in [0, 0.1) is 5.82 Å². The minimum atomic E-state index is -0.376. The largest absolute Gasteiger partial charge is 0.411 e. The van der Waals surface area contributed by atoms with E-state index in [0.717, 1.165) is 17.5 Å². The predicted molar refractivity (Wildman–Crippen MR) is 73.1 cm³/mol. The van der Waals surface area contributed by atoms with E-state index in [1.807, 2.05) is 6.07 Å². The molecule has 3 aromatic rings. The number of carbonyl (C=O) groups excluding carboxylic acids is 1. The standard InChI is InChI=1S/C16H10FNO3/c17-10-2-6-15-13(8-10)18-16(21-15)20-11-3-4-12-9(7-11)1-5-14(12)19/h2-4,6-8H,1,5H2. The number of aryl methyl sites for hydroxylation is 1. The van der Waals surface area contributed by atoms with Crippen molar-refractivity contribution in [2.45, 2.75) is 12.8 Å². The Hall–Kier alpha value is -2.69.